The van der Waals surface area contributed by atoms with Gasteiger partial charge in [-0.3, -0.25) is 4.79 Å². The molecular formula is C16H27Cl2N3O2S. The quantitative estimate of drug-likeness (QED) is 0.848. The largest absolute Gasteiger partial charge is 0.384 e. The molecule has 2 fully saturated rings. The molecule has 1 amide bonds. The summed E-state index contributed by atoms with van der Waals surface area (Å²) >= 11 is 1.77. The summed E-state index contributed by atoms with van der Waals surface area (Å²) in [6.45, 7) is 5.83. The van der Waals surface area contributed by atoms with Gasteiger partial charge in [-0.15, -0.1) is 36.2 Å². The number of piperidine rings is 1. The van der Waals surface area contributed by atoms with Crippen LogP contribution in [-0.2, 0) is 9.53 Å². The Balaban J connectivity index is 0.00000144. The number of piperazine rings is 1. The van der Waals surface area contributed by atoms with E-state index >= 15 is 0 Å². The Morgan fingerprint density at radius 1 is 1.25 bits per heavy atom. The average Bonchev–Trinajstić information content (AvgIpc) is 3.10. The van der Waals surface area contributed by atoms with Gasteiger partial charge in [-0.1, -0.05) is 0 Å². The highest BCUT2D eigenvalue weighted by atomic mass is 35.5. The zero-order valence-electron chi connectivity index (χ0n) is 14.0. The van der Waals surface area contributed by atoms with E-state index in [1.807, 2.05) is 0 Å². The van der Waals surface area contributed by atoms with Crippen molar-refractivity contribution in [3.05, 3.63) is 17.5 Å². The smallest absolute Gasteiger partial charge is 0.231 e. The van der Waals surface area contributed by atoms with Gasteiger partial charge in [0.1, 0.15) is 0 Å². The first-order valence-electron chi connectivity index (χ1n) is 8.03. The monoisotopic (exact) mass is 395 g/mol. The topological polar surface area (TPSA) is 44.8 Å². The second-order valence-electron chi connectivity index (χ2n) is 6.19. The van der Waals surface area contributed by atoms with Crippen LogP contribution in [0, 0.1) is 5.41 Å². The molecule has 3 rings (SSSR count). The molecule has 2 saturated heterocycles. The maximum Gasteiger partial charge on any atom is 0.231 e. The molecule has 8 heteroatoms. The minimum Gasteiger partial charge on any atom is -0.384 e. The number of anilines is 1. The molecule has 3 heterocycles. The number of hydrogen-bond donors (Lipinski definition) is 1. The van der Waals surface area contributed by atoms with Crippen molar-refractivity contribution in [3.63, 3.8) is 0 Å². The molecule has 0 bridgehead atoms. The summed E-state index contributed by atoms with van der Waals surface area (Å²) in [4.78, 5) is 17.5. The van der Waals surface area contributed by atoms with Crippen molar-refractivity contribution < 1.29 is 9.53 Å². The molecule has 1 N–H and O–H groups in total. The van der Waals surface area contributed by atoms with Crippen LogP contribution in [0.25, 0.3) is 0 Å². The van der Waals surface area contributed by atoms with Crippen molar-refractivity contribution in [1.29, 1.82) is 0 Å². The SMILES string of the molecule is COCC1(C(=O)N2CCN(c3cccs3)CC2)CCNCC1.Cl.Cl. The van der Waals surface area contributed by atoms with Gasteiger partial charge in [0, 0.05) is 33.3 Å². The standard InChI is InChI=1S/C16H25N3O2S.2ClH/c1-21-13-16(4-6-17-7-5-16)15(20)19-10-8-18(9-11-19)14-3-2-12-22-14;;/h2-3,12,17H,4-11,13H2,1H3;2*1H. The molecule has 0 unspecified atom stereocenters. The molecule has 0 radical (unpaired) electrons. The summed E-state index contributed by atoms with van der Waals surface area (Å²) < 4.78 is 5.39. The first kappa shape index (κ1) is 21.5. The maximum absolute atomic E-state index is 13.1. The third kappa shape index (κ3) is 4.55. The Kier molecular flexibility index (Phi) is 8.81. The molecule has 0 aromatic carbocycles. The van der Waals surface area contributed by atoms with Crippen LogP contribution in [0.2, 0.25) is 0 Å². The predicted molar refractivity (Wildman–Crippen MR) is 104 cm³/mol. The molecule has 0 spiro atoms. The van der Waals surface area contributed by atoms with Crippen molar-refractivity contribution >= 4 is 47.1 Å². The van der Waals surface area contributed by atoms with Crippen molar-refractivity contribution in [2.75, 3.05) is 57.9 Å². The van der Waals surface area contributed by atoms with Crippen LogP contribution in [0.3, 0.4) is 0 Å². The number of hydrogen-bond acceptors (Lipinski definition) is 5. The van der Waals surface area contributed by atoms with E-state index in [9.17, 15) is 4.79 Å². The van der Waals surface area contributed by atoms with E-state index in [0.29, 0.717) is 12.5 Å². The van der Waals surface area contributed by atoms with Gasteiger partial charge in [-0.05, 0) is 43.4 Å². The van der Waals surface area contributed by atoms with E-state index in [1.54, 1.807) is 18.4 Å². The fourth-order valence-corrected chi connectivity index (χ4v) is 4.30. The summed E-state index contributed by atoms with van der Waals surface area (Å²) in [5.41, 5.74) is -0.314. The minimum absolute atomic E-state index is 0. The number of methoxy groups -OCH3 is 1. The normalized spacial score (nSPS) is 20.0. The number of nitrogens with one attached hydrogen (secondary N) is 1. The molecule has 0 atom stereocenters. The molecule has 5 nitrogen and oxygen atoms in total. The molecular weight excluding hydrogens is 369 g/mol. The van der Waals surface area contributed by atoms with Crippen molar-refractivity contribution in [3.8, 4) is 0 Å². The van der Waals surface area contributed by atoms with E-state index in [0.717, 1.165) is 52.1 Å². The first-order valence-corrected chi connectivity index (χ1v) is 8.91. The summed E-state index contributed by atoms with van der Waals surface area (Å²) in [5.74, 6) is 0.293. The van der Waals surface area contributed by atoms with E-state index in [4.69, 9.17) is 4.74 Å². The third-order valence-electron chi connectivity index (χ3n) is 4.82. The molecule has 0 saturated carbocycles. The Morgan fingerprint density at radius 3 is 2.46 bits per heavy atom. The highest BCUT2D eigenvalue weighted by Crippen LogP contribution is 2.32. The van der Waals surface area contributed by atoms with E-state index < -0.39 is 0 Å². The third-order valence-corrected chi connectivity index (χ3v) is 5.75. The molecule has 138 valence electrons. The first-order chi connectivity index (χ1) is 10.7. The molecule has 0 aliphatic carbocycles. The Bertz CT molecular complexity index is 482. The van der Waals surface area contributed by atoms with Crippen LogP contribution >= 0.6 is 36.2 Å². The van der Waals surface area contributed by atoms with Gasteiger partial charge in [-0.2, -0.15) is 0 Å². The molecule has 1 aromatic rings. The summed E-state index contributed by atoms with van der Waals surface area (Å²) in [5, 5.41) is 6.76. The highest BCUT2D eigenvalue weighted by molar-refractivity contribution is 7.14. The van der Waals surface area contributed by atoms with Crippen LogP contribution in [0.15, 0.2) is 17.5 Å². The fourth-order valence-electron chi connectivity index (χ4n) is 3.52. The summed E-state index contributed by atoms with van der Waals surface area (Å²) in [6, 6.07) is 4.24. The molecule has 2 aliphatic rings. The van der Waals surface area contributed by atoms with Crippen LogP contribution in [0.4, 0.5) is 5.00 Å². The second-order valence-corrected chi connectivity index (χ2v) is 7.12. The van der Waals surface area contributed by atoms with Crippen molar-refractivity contribution in [2.24, 2.45) is 5.41 Å². The number of rotatable bonds is 4. The van der Waals surface area contributed by atoms with Gasteiger partial charge in [0.05, 0.1) is 17.0 Å². The van der Waals surface area contributed by atoms with E-state index in [2.05, 4.69) is 32.6 Å². The van der Waals surface area contributed by atoms with Crippen molar-refractivity contribution in [1.82, 2.24) is 10.2 Å². The zero-order valence-corrected chi connectivity index (χ0v) is 16.5. The van der Waals surface area contributed by atoms with Gasteiger partial charge in [0.2, 0.25) is 5.91 Å². The molecule has 1 aromatic heterocycles. The predicted octanol–water partition coefficient (Wildman–Crippen LogP) is 2.26. The second kappa shape index (κ2) is 9.82. The minimum atomic E-state index is -0.314. The number of nitrogens with zero attached hydrogens (tertiary/aromatic N) is 2. The lowest BCUT2D eigenvalue weighted by Crippen LogP contribution is -2.56. The van der Waals surface area contributed by atoms with Gasteiger partial charge in [0.25, 0.3) is 0 Å². The Hall–Kier alpha value is -0.530. The lowest BCUT2D eigenvalue weighted by Gasteiger charge is -2.42. The lowest BCUT2D eigenvalue weighted by atomic mass is 9.78. The Morgan fingerprint density at radius 2 is 1.92 bits per heavy atom. The Labute approximate surface area is 160 Å². The number of amides is 1. The summed E-state index contributed by atoms with van der Waals surface area (Å²) in [7, 11) is 1.70. The zero-order chi connectivity index (χ0) is 15.4. The number of thiophene rings is 1. The fraction of sp³-hybridized carbons (Fsp3) is 0.688. The van der Waals surface area contributed by atoms with Gasteiger partial charge < -0.3 is 19.9 Å². The number of carbonyl (C=O) groups is 1. The number of halogens is 2. The number of ether oxygens (including phenoxy) is 1. The van der Waals surface area contributed by atoms with Crippen LogP contribution in [0.1, 0.15) is 12.8 Å². The van der Waals surface area contributed by atoms with E-state index in [1.165, 1.54) is 5.00 Å². The van der Waals surface area contributed by atoms with Crippen molar-refractivity contribution in [2.45, 2.75) is 12.8 Å². The average molecular weight is 396 g/mol. The highest BCUT2D eigenvalue weighted by Gasteiger charge is 2.42. The van der Waals surface area contributed by atoms with Crippen LogP contribution < -0.4 is 10.2 Å². The van der Waals surface area contributed by atoms with Crippen LogP contribution in [-0.4, -0.2) is 63.8 Å². The van der Waals surface area contributed by atoms with Gasteiger partial charge in [0.15, 0.2) is 0 Å². The number of carbonyl (C=O) groups excluding carboxylic acids is 1. The van der Waals surface area contributed by atoms with Gasteiger partial charge in [-0.25, -0.2) is 0 Å². The van der Waals surface area contributed by atoms with Crippen LogP contribution in [0.5, 0.6) is 0 Å². The maximum atomic E-state index is 13.1. The lowest BCUT2D eigenvalue weighted by molar-refractivity contribution is -0.147. The summed E-state index contributed by atoms with van der Waals surface area (Å²) in [6.07, 6.45) is 1.76. The van der Waals surface area contributed by atoms with Gasteiger partial charge >= 0.3 is 0 Å². The molecule has 24 heavy (non-hydrogen) atoms. The molecule has 2 aliphatic heterocycles. The van der Waals surface area contributed by atoms with E-state index in [-0.39, 0.29) is 30.2 Å².